The van der Waals surface area contributed by atoms with Gasteiger partial charge in [-0.25, -0.2) is 4.98 Å². The van der Waals surface area contributed by atoms with Gasteiger partial charge in [-0.1, -0.05) is 20.8 Å². The van der Waals surface area contributed by atoms with Crippen molar-refractivity contribution in [3.05, 3.63) is 16.1 Å². The Morgan fingerprint density at radius 2 is 2.09 bits per heavy atom. The second kappa shape index (κ2) is 6.89. The third-order valence-corrected chi connectivity index (χ3v) is 5.92. The Morgan fingerprint density at radius 3 is 2.65 bits per heavy atom. The fourth-order valence-corrected chi connectivity index (χ4v) is 4.54. The van der Waals surface area contributed by atoms with E-state index in [0.717, 1.165) is 45.4 Å². The van der Waals surface area contributed by atoms with Crippen molar-refractivity contribution in [2.24, 2.45) is 0 Å². The van der Waals surface area contributed by atoms with Crippen molar-refractivity contribution in [2.75, 3.05) is 19.7 Å². The number of piperidine rings is 1. The Morgan fingerprint density at radius 1 is 1.35 bits per heavy atom. The zero-order valence-electron chi connectivity index (χ0n) is 14.5. The lowest BCUT2D eigenvalue weighted by Gasteiger charge is -2.31. The lowest BCUT2D eigenvalue weighted by Crippen LogP contribution is -2.39. The molecule has 0 radical (unpaired) electrons. The molecule has 1 aromatic rings. The standard InChI is InChI=1S/C18H28N2O2S/c1-18(2,3)15-12-23-17(19-15)13-6-8-20(9-7-13)16(21)11-14-5-4-10-22-14/h12-14H,4-11H2,1-3H3/t14-/m1/s1. The zero-order chi connectivity index (χ0) is 16.4. The summed E-state index contributed by atoms with van der Waals surface area (Å²) in [6.07, 6.45) is 4.93. The number of aromatic nitrogens is 1. The van der Waals surface area contributed by atoms with Crippen LogP contribution in [0.1, 0.15) is 69.5 Å². The van der Waals surface area contributed by atoms with Crippen molar-refractivity contribution in [2.45, 2.75) is 70.3 Å². The number of rotatable bonds is 3. The first-order valence-electron chi connectivity index (χ1n) is 8.79. The number of nitrogens with zero attached hydrogens (tertiary/aromatic N) is 2. The molecule has 0 saturated carbocycles. The summed E-state index contributed by atoms with van der Waals surface area (Å²) in [6, 6.07) is 0. The van der Waals surface area contributed by atoms with E-state index in [4.69, 9.17) is 9.72 Å². The predicted octanol–water partition coefficient (Wildman–Crippen LogP) is 3.72. The molecule has 4 nitrogen and oxygen atoms in total. The maximum atomic E-state index is 12.4. The van der Waals surface area contributed by atoms with Gasteiger partial charge in [0.2, 0.25) is 5.91 Å². The minimum absolute atomic E-state index is 0.118. The molecule has 1 aromatic heterocycles. The summed E-state index contributed by atoms with van der Waals surface area (Å²) in [5.74, 6) is 0.785. The molecule has 1 amide bonds. The number of likely N-dealkylation sites (tertiary alicyclic amines) is 1. The van der Waals surface area contributed by atoms with Crippen LogP contribution >= 0.6 is 11.3 Å². The highest BCUT2D eigenvalue weighted by Crippen LogP contribution is 2.33. The number of amides is 1. The third-order valence-electron chi connectivity index (χ3n) is 4.91. The molecule has 5 heteroatoms. The molecule has 0 bridgehead atoms. The van der Waals surface area contributed by atoms with Crippen LogP contribution in [0, 0.1) is 0 Å². The van der Waals surface area contributed by atoms with E-state index in [2.05, 4.69) is 26.2 Å². The van der Waals surface area contributed by atoms with E-state index in [0.29, 0.717) is 12.3 Å². The molecule has 3 rings (SSSR count). The van der Waals surface area contributed by atoms with Crippen LogP contribution in [0.4, 0.5) is 0 Å². The van der Waals surface area contributed by atoms with Crippen LogP contribution in [-0.2, 0) is 14.9 Å². The van der Waals surface area contributed by atoms with Gasteiger partial charge >= 0.3 is 0 Å². The first kappa shape index (κ1) is 16.9. The zero-order valence-corrected chi connectivity index (χ0v) is 15.3. The van der Waals surface area contributed by atoms with Gasteiger partial charge in [0, 0.05) is 36.4 Å². The highest BCUT2D eigenvalue weighted by Gasteiger charge is 2.29. The molecule has 128 valence electrons. The molecule has 0 spiro atoms. The lowest BCUT2D eigenvalue weighted by atomic mass is 9.93. The van der Waals surface area contributed by atoms with Gasteiger partial charge < -0.3 is 9.64 Å². The number of ether oxygens (including phenoxy) is 1. The highest BCUT2D eigenvalue weighted by molar-refractivity contribution is 7.09. The molecule has 0 aromatic carbocycles. The largest absolute Gasteiger partial charge is 0.378 e. The first-order valence-corrected chi connectivity index (χ1v) is 9.67. The van der Waals surface area contributed by atoms with Gasteiger partial charge in [-0.3, -0.25) is 4.79 Å². The van der Waals surface area contributed by atoms with E-state index >= 15 is 0 Å². The normalized spacial score (nSPS) is 23.4. The molecule has 2 saturated heterocycles. The fraction of sp³-hybridized carbons (Fsp3) is 0.778. The quantitative estimate of drug-likeness (QED) is 0.845. The number of thiazole rings is 1. The van der Waals surface area contributed by atoms with Crippen LogP contribution < -0.4 is 0 Å². The number of hydrogen-bond acceptors (Lipinski definition) is 4. The van der Waals surface area contributed by atoms with Crippen LogP contribution in [0.3, 0.4) is 0 Å². The number of carbonyl (C=O) groups excluding carboxylic acids is 1. The van der Waals surface area contributed by atoms with E-state index in [1.165, 1.54) is 10.7 Å². The average molecular weight is 337 g/mol. The van der Waals surface area contributed by atoms with Crippen LogP contribution in [0.5, 0.6) is 0 Å². The minimum Gasteiger partial charge on any atom is -0.378 e. The molecule has 0 unspecified atom stereocenters. The van der Waals surface area contributed by atoms with Crippen LogP contribution in [0.2, 0.25) is 0 Å². The fourth-order valence-electron chi connectivity index (χ4n) is 3.32. The summed E-state index contributed by atoms with van der Waals surface area (Å²) in [5, 5.41) is 3.45. The molecule has 2 aliphatic heterocycles. The van der Waals surface area contributed by atoms with Crippen molar-refractivity contribution in [3.63, 3.8) is 0 Å². The van der Waals surface area contributed by atoms with E-state index in [1.54, 1.807) is 11.3 Å². The summed E-state index contributed by atoms with van der Waals surface area (Å²) in [7, 11) is 0. The van der Waals surface area contributed by atoms with Gasteiger partial charge in [0.15, 0.2) is 0 Å². The first-order chi connectivity index (χ1) is 10.9. The van der Waals surface area contributed by atoms with Gasteiger partial charge in [-0.2, -0.15) is 0 Å². The van der Waals surface area contributed by atoms with Crippen molar-refractivity contribution in [1.29, 1.82) is 0 Å². The molecular formula is C18H28N2O2S. The van der Waals surface area contributed by atoms with Gasteiger partial charge in [-0.15, -0.1) is 11.3 Å². The molecule has 0 aliphatic carbocycles. The van der Waals surface area contributed by atoms with Crippen molar-refractivity contribution >= 4 is 17.2 Å². The Hall–Kier alpha value is -0.940. The Labute approximate surface area is 143 Å². The second-order valence-corrected chi connectivity index (χ2v) is 8.70. The smallest absolute Gasteiger partial charge is 0.225 e. The monoisotopic (exact) mass is 336 g/mol. The van der Waals surface area contributed by atoms with E-state index in [-0.39, 0.29) is 17.4 Å². The van der Waals surface area contributed by atoms with E-state index < -0.39 is 0 Å². The summed E-state index contributed by atoms with van der Waals surface area (Å²) in [4.78, 5) is 19.2. The maximum absolute atomic E-state index is 12.4. The Balaban J connectivity index is 1.51. The molecular weight excluding hydrogens is 308 g/mol. The molecule has 3 heterocycles. The average Bonchev–Trinajstić information content (AvgIpc) is 3.18. The predicted molar refractivity (Wildman–Crippen MR) is 93.0 cm³/mol. The van der Waals surface area contributed by atoms with Crippen LogP contribution in [0.25, 0.3) is 0 Å². The van der Waals surface area contributed by atoms with Crippen molar-refractivity contribution in [3.8, 4) is 0 Å². The third kappa shape index (κ3) is 4.13. The van der Waals surface area contributed by atoms with Gasteiger partial charge in [0.25, 0.3) is 0 Å². The lowest BCUT2D eigenvalue weighted by molar-refractivity contribution is -0.134. The molecule has 2 aliphatic rings. The van der Waals surface area contributed by atoms with Gasteiger partial charge in [-0.05, 0) is 25.7 Å². The Kier molecular flexibility index (Phi) is 5.07. The van der Waals surface area contributed by atoms with E-state index in [1.807, 2.05) is 4.90 Å². The van der Waals surface area contributed by atoms with Crippen molar-refractivity contribution < 1.29 is 9.53 Å². The van der Waals surface area contributed by atoms with E-state index in [9.17, 15) is 4.79 Å². The summed E-state index contributed by atoms with van der Waals surface area (Å²) in [5.41, 5.74) is 1.31. The SMILES string of the molecule is CC(C)(C)c1csc(C2CCN(C(=O)C[C@H]3CCCO3)CC2)n1. The summed E-state index contributed by atoms with van der Waals surface area (Å²) < 4.78 is 5.58. The number of carbonyl (C=O) groups is 1. The molecule has 0 N–H and O–H groups in total. The van der Waals surface area contributed by atoms with Crippen LogP contribution in [0.15, 0.2) is 5.38 Å². The highest BCUT2D eigenvalue weighted by atomic mass is 32.1. The van der Waals surface area contributed by atoms with Crippen molar-refractivity contribution in [1.82, 2.24) is 9.88 Å². The number of hydrogen-bond donors (Lipinski definition) is 0. The minimum atomic E-state index is 0.118. The Bertz CT molecular complexity index is 535. The summed E-state index contributed by atoms with van der Waals surface area (Å²) in [6.45, 7) is 9.16. The molecule has 1 atom stereocenters. The molecule has 23 heavy (non-hydrogen) atoms. The maximum Gasteiger partial charge on any atom is 0.225 e. The van der Waals surface area contributed by atoms with Crippen LogP contribution in [-0.4, -0.2) is 41.6 Å². The summed E-state index contributed by atoms with van der Waals surface area (Å²) >= 11 is 1.78. The van der Waals surface area contributed by atoms with Gasteiger partial charge in [0.1, 0.15) is 0 Å². The van der Waals surface area contributed by atoms with Gasteiger partial charge in [0.05, 0.1) is 23.2 Å². The second-order valence-electron chi connectivity index (χ2n) is 7.82. The topological polar surface area (TPSA) is 42.4 Å². The molecule has 2 fully saturated rings.